The van der Waals surface area contributed by atoms with Crippen molar-refractivity contribution in [2.24, 2.45) is 4.99 Å². The Bertz CT molecular complexity index is 4150. The van der Waals surface area contributed by atoms with Gasteiger partial charge in [-0.3, -0.25) is 0 Å². The van der Waals surface area contributed by atoms with Crippen molar-refractivity contribution in [1.82, 2.24) is 14.7 Å². The van der Waals surface area contributed by atoms with Crippen molar-refractivity contribution in [3.05, 3.63) is 279 Å². The Labute approximate surface area is 629 Å². The molecule has 5 nitrogen and oxygen atoms in total. The Kier molecular flexibility index (Phi) is 22.6. The van der Waals surface area contributed by atoms with E-state index in [4.69, 9.17) is 51.4 Å². The van der Waals surface area contributed by atoms with Crippen LogP contribution in [-0.4, -0.2) is 31.2 Å². The molecular weight excluding hydrogens is 1330 g/mol. The molecule has 100 heavy (non-hydrogen) atoms. The molecule has 10 heteroatoms. The zero-order chi connectivity index (χ0) is 72.7. The number of guanidine groups is 2. The number of rotatable bonds is 12. The van der Waals surface area contributed by atoms with Gasteiger partial charge in [-0.2, -0.15) is 0 Å². The number of halogens is 5. The molecule has 0 spiro atoms. The van der Waals surface area contributed by atoms with Crippen molar-refractivity contribution in [2.45, 2.75) is 260 Å². The van der Waals surface area contributed by atoms with Crippen LogP contribution in [0.5, 0.6) is 0 Å². The van der Waals surface area contributed by atoms with E-state index in [1.807, 2.05) is 0 Å². The summed E-state index contributed by atoms with van der Waals surface area (Å²) in [5, 5.41) is 3.07. The van der Waals surface area contributed by atoms with E-state index in [0.717, 1.165) is 98.8 Å². The van der Waals surface area contributed by atoms with Gasteiger partial charge < -0.3 is 22.2 Å². The molecule has 2 aliphatic rings. The molecular formula is C90H112Cl5N5. The average molecular weight is 1440 g/mol. The molecule has 532 valence electrons. The fourth-order valence-corrected chi connectivity index (χ4v) is 16.2. The van der Waals surface area contributed by atoms with Crippen LogP contribution in [0.15, 0.2) is 175 Å². The van der Waals surface area contributed by atoms with E-state index >= 15 is 0 Å². The molecule has 1 fully saturated rings. The maximum absolute atomic E-state index is 8.13. The minimum absolute atomic E-state index is 0. The van der Waals surface area contributed by atoms with Crippen molar-refractivity contribution in [2.75, 3.05) is 0 Å². The minimum Gasteiger partial charge on any atom is -1.00 e. The lowest BCUT2D eigenvalue weighted by Gasteiger charge is -2.32. The zero-order valence-electron chi connectivity index (χ0n) is 64.4. The third-order valence-corrected chi connectivity index (χ3v) is 22.2. The summed E-state index contributed by atoms with van der Waals surface area (Å²) >= 11 is 32.5. The van der Waals surface area contributed by atoms with E-state index in [9.17, 15) is 0 Å². The quantitative estimate of drug-likeness (QED) is 0.114. The van der Waals surface area contributed by atoms with Gasteiger partial charge in [0.05, 0.1) is 35.2 Å². The molecule has 10 rings (SSSR count). The summed E-state index contributed by atoms with van der Waals surface area (Å²) in [5.41, 5.74) is 16.2. The lowest BCUT2D eigenvalue weighted by atomic mass is 9.79. The van der Waals surface area contributed by atoms with Crippen molar-refractivity contribution >= 4 is 58.3 Å². The van der Waals surface area contributed by atoms with E-state index in [0.29, 0.717) is 26.2 Å². The van der Waals surface area contributed by atoms with Crippen LogP contribution in [0.25, 0.3) is 0 Å². The first-order valence-corrected chi connectivity index (χ1v) is 37.4. The van der Waals surface area contributed by atoms with Gasteiger partial charge in [0.25, 0.3) is 5.96 Å². The molecule has 1 saturated heterocycles. The van der Waals surface area contributed by atoms with Crippen LogP contribution in [0, 0.1) is 0 Å². The fraction of sp³-hybridized carbons (Fsp3) is 0.444. The van der Waals surface area contributed by atoms with Gasteiger partial charge in [-0.05, 0) is 126 Å². The van der Waals surface area contributed by atoms with E-state index in [1.54, 1.807) is 0 Å². The molecule has 2 heterocycles. The highest BCUT2D eigenvalue weighted by atomic mass is 35.5. The summed E-state index contributed by atoms with van der Waals surface area (Å²) in [6.07, 6.45) is 0. The normalized spacial score (nSPS) is 17.6. The van der Waals surface area contributed by atoms with Crippen LogP contribution in [0.4, 0.5) is 0 Å². The molecule has 0 N–H and O–H groups in total. The molecule has 4 atom stereocenters. The standard InChI is InChI=1S/C90H112Cl4N5.ClH/c1-83(2,3)65-45-61(73(91)69(49-65)87(13,14)15)53-96-77(57-37-29-25-30-38-57)78(58-39-31-26-32-40-58)97(54-62-46-66(84(4,5)6)50-70(74(62)92)88(16,17)18)81(96)95-82-98(55-63-47-67(85(7,8)9)51-71(75(63)93)89(19,20)21)79(59-41-33-27-34-42-59)80(60-43-35-28-36-44-60)99(82)56-64-48-68(86(10,11)12)52-72(76(64)94)90(22,23)24;/h25-52,77-80H,53-56H2,1-24H3;1H/q+1;/p-1. The molecule has 8 aromatic rings. The first-order valence-electron chi connectivity index (χ1n) is 35.9. The lowest BCUT2D eigenvalue weighted by Crippen LogP contribution is -3.00. The highest BCUT2D eigenvalue weighted by Gasteiger charge is 2.54. The Balaban J connectivity index is 0.0000117. The summed E-state index contributed by atoms with van der Waals surface area (Å²) < 4.78 is 2.60. The van der Waals surface area contributed by atoms with Gasteiger partial charge in [0.15, 0.2) is 0 Å². The summed E-state index contributed by atoms with van der Waals surface area (Å²) in [6.45, 7) is 56.8. The molecule has 0 aliphatic carbocycles. The SMILES string of the molecule is CC(C)(C)c1cc(CN2C(=NC3=[N+](Cc4cc(C(C)(C)C)cc(C(C)(C)C)c4Cl)C(c4ccccc4)C(c4ccccc4)N3Cc3cc(C(C)(C)C)cc(C(C)(C)C)c3Cl)N(Cc3cc(C(C)(C)C)cc(C(C)(C)C)c3Cl)C(c3ccccc3)C2c2ccccc2)c(Cl)c(C(C)(C)C)c1.[Cl-]. The Hall–Kier alpha value is -6.05. The van der Waals surface area contributed by atoms with Crippen LogP contribution in [0.3, 0.4) is 0 Å². The van der Waals surface area contributed by atoms with E-state index in [-0.39, 0.29) is 79.9 Å². The first kappa shape index (κ1) is 78.1. The second-order valence-corrected chi connectivity index (χ2v) is 38.1. The topological polar surface area (TPSA) is 25.1 Å². The summed E-state index contributed by atoms with van der Waals surface area (Å²) in [5.74, 6) is 1.59. The van der Waals surface area contributed by atoms with Gasteiger partial charge in [0.1, 0.15) is 12.1 Å². The van der Waals surface area contributed by atoms with Crippen molar-refractivity contribution in [3.63, 3.8) is 0 Å². The van der Waals surface area contributed by atoms with Crippen molar-refractivity contribution in [3.8, 4) is 0 Å². The Morgan fingerprint density at radius 3 is 0.840 bits per heavy atom. The fourth-order valence-electron chi connectivity index (χ4n) is 14.4. The number of aliphatic imine (C=N–C) groups is 1. The van der Waals surface area contributed by atoms with Crippen molar-refractivity contribution in [1.29, 1.82) is 0 Å². The van der Waals surface area contributed by atoms with Crippen LogP contribution in [-0.2, 0) is 69.5 Å². The van der Waals surface area contributed by atoms with E-state index in [1.165, 1.54) is 22.3 Å². The first-order chi connectivity index (χ1) is 45.8. The monoisotopic (exact) mass is 1440 g/mol. The third-order valence-electron chi connectivity index (χ3n) is 20.4. The largest absolute Gasteiger partial charge is 1.00 e. The molecule has 0 radical (unpaired) electrons. The number of benzene rings is 8. The number of hydrogen-bond acceptors (Lipinski definition) is 2. The van der Waals surface area contributed by atoms with Gasteiger partial charge in [-0.25, -0.2) is 9.48 Å². The highest BCUT2D eigenvalue weighted by molar-refractivity contribution is 6.33. The highest BCUT2D eigenvalue weighted by Crippen LogP contribution is 2.52. The summed E-state index contributed by atoms with van der Waals surface area (Å²) in [7, 11) is 0. The number of hydrogen-bond donors (Lipinski definition) is 0. The summed E-state index contributed by atoms with van der Waals surface area (Å²) in [6, 6.07) is 62.1. The van der Waals surface area contributed by atoms with Crippen LogP contribution < -0.4 is 12.4 Å². The minimum atomic E-state index is -0.315. The average Bonchev–Trinajstić information content (AvgIpc) is 1.56. The Morgan fingerprint density at radius 2 is 0.560 bits per heavy atom. The smallest absolute Gasteiger partial charge is 0.394 e. The molecule has 0 amide bonds. The lowest BCUT2D eigenvalue weighted by molar-refractivity contribution is -0.583. The molecule has 4 unspecified atom stereocenters. The van der Waals surface area contributed by atoms with Gasteiger partial charge in [0, 0.05) is 34.3 Å². The van der Waals surface area contributed by atoms with Crippen LogP contribution >= 0.6 is 46.4 Å². The second kappa shape index (κ2) is 28.9. The molecule has 0 bridgehead atoms. The maximum atomic E-state index is 8.13. The summed E-state index contributed by atoms with van der Waals surface area (Å²) in [4.78, 5) is 14.6. The maximum Gasteiger partial charge on any atom is 0.394 e. The van der Waals surface area contributed by atoms with Gasteiger partial charge in [-0.15, -0.1) is 0 Å². The molecule has 8 aromatic carbocycles. The zero-order valence-corrected chi connectivity index (χ0v) is 68.2. The van der Waals surface area contributed by atoms with Crippen molar-refractivity contribution < 1.29 is 17.0 Å². The van der Waals surface area contributed by atoms with Crippen LogP contribution in [0.2, 0.25) is 20.1 Å². The molecule has 2 aliphatic heterocycles. The van der Waals surface area contributed by atoms with Gasteiger partial charge in [0.2, 0.25) is 0 Å². The predicted molar refractivity (Wildman–Crippen MR) is 425 cm³/mol. The number of nitrogens with zero attached hydrogens (tertiary/aromatic N) is 5. The Morgan fingerprint density at radius 1 is 0.310 bits per heavy atom. The van der Waals surface area contributed by atoms with Gasteiger partial charge in [-0.1, -0.05) is 382 Å². The van der Waals surface area contributed by atoms with E-state index < -0.39 is 0 Å². The third kappa shape index (κ3) is 16.6. The van der Waals surface area contributed by atoms with Crippen LogP contribution in [0.1, 0.15) is 279 Å². The molecule has 0 saturated carbocycles. The second-order valence-electron chi connectivity index (χ2n) is 36.6. The predicted octanol–water partition coefficient (Wildman–Crippen LogP) is 22.4. The van der Waals surface area contributed by atoms with E-state index in [2.05, 4.69) is 355 Å². The van der Waals surface area contributed by atoms with Gasteiger partial charge >= 0.3 is 5.96 Å². The molecule has 0 aromatic heterocycles.